The van der Waals surface area contributed by atoms with Gasteiger partial charge in [0.1, 0.15) is 5.69 Å². The fraction of sp³-hybridized carbons (Fsp3) is 0.231. The summed E-state index contributed by atoms with van der Waals surface area (Å²) < 4.78 is 37.9. The van der Waals surface area contributed by atoms with Gasteiger partial charge in [-0.05, 0) is 25.5 Å². The van der Waals surface area contributed by atoms with Gasteiger partial charge in [-0.15, -0.1) is 0 Å². The molecule has 0 spiro atoms. The van der Waals surface area contributed by atoms with Crippen molar-refractivity contribution < 1.29 is 13.2 Å². The number of hydrogen-bond donors (Lipinski definition) is 1. The Balaban J connectivity index is 2.63. The van der Waals surface area contributed by atoms with E-state index in [4.69, 9.17) is 0 Å². The molecule has 0 fully saturated rings. The lowest BCUT2D eigenvalue weighted by molar-refractivity contribution is -0.141. The molecule has 0 saturated heterocycles. The van der Waals surface area contributed by atoms with E-state index < -0.39 is 17.6 Å². The van der Waals surface area contributed by atoms with Crippen LogP contribution < -0.4 is 5.69 Å². The molecule has 0 bridgehead atoms. The Morgan fingerprint density at radius 1 is 1.16 bits per heavy atom. The highest BCUT2D eigenvalue weighted by atomic mass is 19.4. The molecule has 100 valence electrons. The Labute approximate surface area is 107 Å². The van der Waals surface area contributed by atoms with Crippen molar-refractivity contribution in [1.29, 1.82) is 0 Å². The van der Waals surface area contributed by atoms with Gasteiger partial charge in [0.25, 0.3) is 0 Å². The molecule has 1 N–H and O–H groups in total. The van der Waals surface area contributed by atoms with Gasteiger partial charge in [-0.1, -0.05) is 23.8 Å². The molecule has 0 radical (unpaired) electrons. The summed E-state index contributed by atoms with van der Waals surface area (Å²) in [6.45, 7) is 3.64. The number of nitrogens with one attached hydrogen (secondary N) is 1. The standard InChI is InChI=1S/C13H11F3N2O/c1-7-3-4-9(8(2)5-7)10-6-11(13(14,15)16)18-12(19)17-10/h3-6H,1-2H3,(H,17,18,19). The van der Waals surface area contributed by atoms with E-state index in [1.807, 2.05) is 13.0 Å². The van der Waals surface area contributed by atoms with Crippen LogP contribution in [0.1, 0.15) is 16.8 Å². The maximum absolute atomic E-state index is 12.6. The van der Waals surface area contributed by atoms with E-state index in [9.17, 15) is 18.0 Å². The molecule has 19 heavy (non-hydrogen) atoms. The number of nitrogens with zero attached hydrogens (tertiary/aromatic N) is 1. The summed E-state index contributed by atoms with van der Waals surface area (Å²) >= 11 is 0. The maximum atomic E-state index is 12.6. The molecule has 0 unspecified atom stereocenters. The van der Waals surface area contributed by atoms with Crippen molar-refractivity contribution in [3.63, 3.8) is 0 Å². The lowest BCUT2D eigenvalue weighted by atomic mass is 10.0. The van der Waals surface area contributed by atoms with E-state index in [1.165, 1.54) is 0 Å². The molecule has 3 nitrogen and oxygen atoms in total. The van der Waals surface area contributed by atoms with Crippen molar-refractivity contribution in [3.8, 4) is 11.3 Å². The highest BCUT2D eigenvalue weighted by Crippen LogP contribution is 2.29. The zero-order valence-electron chi connectivity index (χ0n) is 10.3. The van der Waals surface area contributed by atoms with E-state index >= 15 is 0 Å². The first kappa shape index (κ1) is 13.3. The zero-order chi connectivity index (χ0) is 14.2. The zero-order valence-corrected chi connectivity index (χ0v) is 10.3. The predicted molar refractivity (Wildman–Crippen MR) is 64.8 cm³/mol. The van der Waals surface area contributed by atoms with Crippen LogP contribution in [0.5, 0.6) is 0 Å². The third-order valence-electron chi connectivity index (χ3n) is 2.71. The maximum Gasteiger partial charge on any atom is 0.431 e. The average Bonchev–Trinajstić information content (AvgIpc) is 2.26. The monoisotopic (exact) mass is 268 g/mol. The predicted octanol–water partition coefficient (Wildman–Crippen LogP) is 3.07. The van der Waals surface area contributed by atoms with Crippen LogP contribution in [-0.2, 0) is 6.18 Å². The minimum absolute atomic E-state index is 0.0218. The van der Waals surface area contributed by atoms with Gasteiger partial charge in [-0.3, -0.25) is 0 Å². The second kappa shape index (κ2) is 4.53. The molecule has 6 heteroatoms. The van der Waals surface area contributed by atoms with E-state index in [2.05, 4.69) is 4.98 Å². The van der Waals surface area contributed by atoms with Gasteiger partial charge in [0.15, 0.2) is 0 Å². The molecule has 1 aromatic carbocycles. The van der Waals surface area contributed by atoms with Crippen molar-refractivity contribution in [3.05, 3.63) is 51.6 Å². The number of benzene rings is 1. The summed E-state index contributed by atoms with van der Waals surface area (Å²) in [6, 6.07) is 6.09. The fourth-order valence-electron chi connectivity index (χ4n) is 1.85. The molecule has 1 aromatic heterocycles. The van der Waals surface area contributed by atoms with Crippen molar-refractivity contribution in [2.75, 3.05) is 0 Å². The molecule has 2 aromatic rings. The molecule has 0 aliphatic rings. The Morgan fingerprint density at radius 2 is 1.84 bits per heavy atom. The van der Waals surface area contributed by atoms with Crippen molar-refractivity contribution in [2.45, 2.75) is 20.0 Å². The van der Waals surface area contributed by atoms with Gasteiger partial charge in [0, 0.05) is 5.56 Å². The molecular formula is C13H11F3N2O. The van der Waals surface area contributed by atoms with E-state index in [0.717, 1.165) is 17.2 Å². The quantitative estimate of drug-likeness (QED) is 0.863. The molecular weight excluding hydrogens is 257 g/mol. The number of aryl methyl sites for hydroxylation is 2. The number of rotatable bonds is 1. The van der Waals surface area contributed by atoms with Crippen LogP contribution in [0.2, 0.25) is 0 Å². The second-order valence-corrected chi connectivity index (χ2v) is 4.30. The smallest absolute Gasteiger partial charge is 0.302 e. The summed E-state index contributed by atoms with van der Waals surface area (Å²) in [4.78, 5) is 16.5. The first-order chi connectivity index (χ1) is 8.77. The van der Waals surface area contributed by atoms with Crippen molar-refractivity contribution in [2.24, 2.45) is 0 Å². The Kier molecular flexibility index (Phi) is 3.18. The minimum Gasteiger partial charge on any atom is -0.302 e. The van der Waals surface area contributed by atoms with Crippen LogP contribution in [0.15, 0.2) is 29.1 Å². The summed E-state index contributed by atoms with van der Waals surface area (Å²) in [7, 11) is 0. The van der Waals surface area contributed by atoms with Crippen LogP contribution in [0, 0.1) is 13.8 Å². The lowest BCUT2D eigenvalue weighted by Gasteiger charge is -2.09. The van der Waals surface area contributed by atoms with Gasteiger partial charge >= 0.3 is 11.9 Å². The number of H-pyrrole nitrogens is 1. The lowest BCUT2D eigenvalue weighted by Crippen LogP contribution is -2.19. The fourth-order valence-corrected chi connectivity index (χ4v) is 1.85. The highest BCUT2D eigenvalue weighted by Gasteiger charge is 2.32. The molecule has 0 aliphatic heterocycles. The first-order valence-corrected chi connectivity index (χ1v) is 5.53. The van der Waals surface area contributed by atoms with Gasteiger partial charge in [-0.2, -0.15) is 18.2 Å². The minimum atomic E-state index is -4.60. The second-order valence-electron chi connectivity index (χ2n) is 4.30. The molecule has 0 saturated carbocycles. The summed E-state index contributed by atoms with van der Waals surface area (Å²) in [5.41, 5.74) is 0.191. The Morgan fingerprint density at radius 3 is 2.42 bits per heavy atom. The van der Waals surface area contributed by atoms with Crippen molar-refractivity contribution >= 4 is 0 Å². The Bertz CT molecular complexity index is 674. The number of alkyl halides is 3. The van der Waals surface area contributed by atoms with Crippen LogP contribution in [0.25, 0.3) is 11.3 Å². The van der Waals surface area contributed by atoms with Crippen LogP contribution in [0.4, 0.5) is 13.2 Å². The topological polar surface area (TPSA) is 45.8 Å². The molecule has 0 amide bonds. The largest absolute Gasteiger partial charge is 0.431 e. The number of hydrogen-bond acceptors (Lipinski definition) is 2. The number of aromatic nitrogens is 2. The van der Waals surface area contributed by atoms with E-state index in [1.54, 1.807) is 24.0 Å². The van der Waals surface area contributed by atoms with Crippen LogP contribution >= 0.6 is 0 Å². The summed E-state index contributed by atoms with van der Waals surface area (Å²) in [5.74, 6) is 0. The highest BCUT2D eigenvalue weighted by molar-refractivity contribution is 5.64. The van der Waals surface area contributed by atoms with Gasteiger partial charge in [0.2, 0.25) is 0 Å². The third-order valence-corrected chi connectivity index (χ3v) is 2.71. The van der Waals surface area contributed by atoms with Crippen LogP contribution in [0.3, 0.4) is 0 Å². The normalized spacial score (nSPS) is 11.6. The number of halogens is 3. The summed E-state index contributed by atoms with van der Waals surface area (Å²) in [6.07, 6.45) is -4.60. The molecule has 0 aliphatic carbocycles. The van der Waals surface area contributed by atoms with Gasteiger partial charge < -0.3 is 4.98 Å². The number of aromatic amines is 1. The molecule has 0 atom stereocenters. The summed E-state index contributed by atoms with van der Waals surface area (Å²) in [5, 5.41) is 0. The Hall–Kier alpha value is -2.11. The molecule has 2 rings (SSSR count). The van der Waals surface area contributed by atoms with E-state index in [-0.39, 0.29) is 5.69 Å². The SMILES string of the molecule is Cc1ccc(-c2cc(C(F)(F)F)[nH]c(=O)n2)c(C)c1. The van der Waals surface area contributed by atoms with E-state index in [0.29, 0.717) is 5.56 Å². The average molecular weight is 268 g/mol. The first-order valence-electron chi connectivity index (χ1n) is 5.53. The van der Waals surface area contributed by atoms with Gasteiger partial charge in [0.05, 0.1) is 5.69 Å². The third kappa shape index (κ3) is 2.83. The molecule has 1 heterocycles. The van der Waals surface area contributed by atoms with Crippen molar-refractivity contribution in [1.82, 2.24) is 9.97 Å². The van der Waals surface area contributed by atoms with Crippen LogP contribution in [-0.4, -0.2) is 9.97 Å². The van der Waals surface area contributed by atoms with Gasteiger partial charge in [-0.25, -0.2) is 4.79 Å².